The third-order valence-corrected chi connectivity index (χ3v) is 4.02. The molecule has 1 aromatic carbocycles. The molecule has 92 valence electrons. The molecule has 2 N–H and O–H groups in total. The molecule has 1 aromatic rings. The van der Waals surface area contributed by atoms with Crippen LogP contribution < -0.4 is 10.6 Å². The van der Waals surface area contributed by atoms with Crippen LogP contribution in [0.5, 0.6) is 0 Å². The van der Waals surface area contributed by atoms with Crippen molar-refractivity contribution in [3.63, 3.8) is 0 Å². The summed E-state index contributed by atoms with van der Waals surface area (Å²) in [5.41, 5.74) is 8.58. The van der Waals surface area contributed by atoms with Gasteiger partial charge in [0, 0.05) is 31.2 Å². The minimum atomic E-state index is 0.689. The van der Waals surface area contributed by atoms with E-state index in [9.17, 15) is 0 Å². The fourth-order valence-corrected chi connectivity index (χ4v) is 3.02. The molecule has 0 bridgehead atoms. The molecule has 0 radical (unpaired) electrons. The van der Waals surface area contributed by atoms with Crippen molar-refractivity contribution >= 4 is 5.69 Å². The van der Waals surface area contributed by atoms with Gasteiger partial charge in [-0.3, -0.25) is 0 Å². The van der Waals surface area contributed by atoms with E-state index in [0.29, 0.717) is 5.92 Å². The van der Waals surface area contributed by atoms with Gasteiger partial charge in [-0.15, -0.1) is 0 Å². The number of fused-ring (bicyclic) bond motifs is 1. The van der Waals surface area contributed by atoms with E-state index in [-0.39, 0.29) is 0 Å². The molecule has 0 aliphatic carbocycles. The molecule has 0 aromatic heterocycles. The summed E-state index contributed by atoms with van der Waals surface area (Å²) in [6.45, 7) is 4.71. The third-order valence-electron chi connectivity index (χ3n) is 4.02. The maximum atomic E-state index is 5.69. The van der Waals surface area contributed by atoms with Gasteiger partial charge in [0.2, 0.25) is 0 Å². The average molecular weight is 232 g/mol. The molecular weight excluding hydrogens is 212 g/mol. The smallest absolute Gasteiger partial charge is 0.0522 e. The van der Waals surface area contributed by atoms with Gasteiger partial charge in [-0.05, 0) is 24.0 Å². The highest BCUT2D eigenvalue weighted by Gasteiger charge is 2.34. The second-order valence-electron chi connectivity index (χ2n) is 5.03. The van der Waals surface area contributed by atoms with E-state index < -0.39 is 0 Å². The van der Waals surface area contributed by atoms with Crippen molar-refractivity contribution in [2.24, 2.45) is 11.7 Å². The SMILES string of the molecule is NCCN1CC[C@@H](C2COC2)c2ccccc21. The van der Waals surface area contributed by atoms with Gasteiger partial charge in [0.25, 0.3) is 0 Å². The van der Waals surface area contributed by atoms with Gasteiger partial charge in [0.1, 0.15) is 0 Å². The van der Waals surface area contributed by atoms with Crippen molar-refractivity contribution in [2.45, 2.75) is 12.3 Å². The van der Waals surface area contributed by atoms with Crippen LogP contribution in [0.4, 0.5) is 5.69 Å². The lowest BCUT2D eigenvalue weighted by atomic mass is 9.79. The molecule has 2 aliphatic rings. The minimum Gasteiger partial charge on any atom is -0.381 e. The molecule has 1 saturated heterocycles. The summed E-state index contributed by atoms with van der Waals surface area (Å²) >= 11 is 0. The number of nitrogens with zero attached hydrogens (tertiary/aromatic N) is 1. The zero-order valence-corrected chi connectivity index (χ0v) is 10.1. The molecule has 3 heteroatoms. The predicted molar refractivity (Wildman–Crippen MR) is 69.4 cm³/mol. The zero-order valence-electron chi connectivity index (χ0n) is 10.1. The first kappa shape index (κ1) is 11.1. The van der Waals surface area contributed by atoms with E-state index >= 15 is 0 Å². The Labute approximate surface area is 103 Å². The highest BCUT2D eigenvalue weighted by molar-refractivity contribution is 5.57. The average Bonchev–Trinajstić information content (AvgIpc) is 2.30. The molecule has 2 aliphatic heterocycles. The Morgan fingerprint density at radius 1 is 1.29 bits per heavy atom. The van der Waals surface area contributed by atoms with Crippen molar-refractivity contribution in [1.29, 1.82) is 0 Å². The number of hydrogen-bond donors (Lipinski definition) is 1. The maximum absolute atomic E-state index is 5.69. The molecule has 0 amide bonds. The quantitative estimate of drug-likeness (QED) is 0.860. The molecule has 3 nitrogen and oxygen atoms in total. The third kappa shape index (κ3) is 1.94. The second-order valence-corrected chi connectivity index (χ2v) is 5.03. The normalized spacial score (nSPS) is 24.3. The van der Waals surface area contributed by atoms with Crippen LogP contribution in [0.25, 0.3) is 0 Å². The first-order valence-corrected chi connectivity index (χ1v) is 6.52. The van der Waals surface area contributed by atoms with Gasteiger partial charge in [-0.25, -0.2) is 0 Å². The molecule has 0 unspecified atom stereocenters. The van der Waals surface area contributed by atoms with Gasteiger partial charge in [0.15, 0.2) is 0 Å². The summed E-state index contributed by atoms with van der Waals surface area (Å²) < 4.78 is 5.34. The van der Waals surface area contributed by atoms with Crippen LogP contribution in [0.3, 0.4) is 0 Å². The fraction of sp³-hybridized carbons (Fsp3) is 0.571. The van der Waals surface area contributed by atoms with Gasteiger partial charge in [-0.1, -0.05) is 18.2 Å². The molecule has 2 heterocycles. The lowest BCUT2D eigenvalue weighted by molar-refractivity contribution is -0.0464. The number of anilines is 1. The van der Waals surface area contributed by atoms with Crippen molar-refractivity contribution in [2.75, 3.05) is 37.7 Å². The van der Waals surface area contributed by atoms with Crippen molar-refractivity contribution in [1.82, 2.24) is 0 Å². The van der Waals surface area contributed by atoms with E-state index in [0.717, 1.165) is 38.8 Å². The standard InChI is InChI=1S/C14H20N2O/c15-6-8-16-7-5-12(11-9-17-10-11)13-3-1-2-4-14(13)16/h1-4,11-12H,5-10,15H2/t12-/m0/s1. The van der Waals surface area contributed by atoms with E-state index in [1.807, 2.05) is 0 Å². The minimum absolute atomic E-state index is 0.689. The first-order valence-electron chi connectivity index (χ1n) is 6.52. The largest absolute Gasteiger partial charge is 0.381 e. The lowest BCUT2D eigenvalue weighted by Crippen LogP contribution is -2.40. The van der Waals surface area contributed by atoms with Crippen LogP contribution in [-0.2, 0) is 4.74 Å². The molecule has 0 saturated carbocycles. The second kappa shape index (κ2) is 4.67. The summed E-state index contributed by atoms with van der Waals surface area (Å²) in [5, 5.41) is 0. The van der Waals surface area contributed by atoms with Crippen molar-refractivity contribution in [3.8, 4) is 0 Å². The first-order chi connectivity index (χ1) is 8.40. The highest BCUT2D eigenvalue weighted by Crippen LogP contribution is 2.41. The molecule has 0 spiro atoms. The van der Waals surface area contributed by atoms with E-state index in [4.69, 9.17) is 10.5 Å². The predicted octanol–water partition coefficient (Wildman–Crippen LogP) is 1.59. The highest BCUT2D eigenvalue weighted by atomic mass is 16.5. The topological polar surface area (TPSA) is 38.5 Å². The zero-order chi connectivity index (χ0) is 11.7. The Morgan fingerprint density at radius 2 is 2.12 bits per heavy atom. The van der Waals surface area contributed by atoms with Crippen LogP contribution >= 0.6 is 0 Å². The maximum Gasteiger partial charge on any atom is 0.0522 e. The van der Waals surface area contributed by atoms with Gasteiger partial charge < -0.3 is 15.4 Å². The van der Waals surface area contributed by atoms with Gasteiger partial charge >= 0.3 is 0 Å². The number of benzene rings is 1. The lowest BCUT2D eigenvalue weighted by Gasteiger charge is -2.41. The van der Waals surface area contributed by atoms with E-state index in [1.165, 1.54) is 17.7 Å². The van der Waals surface area contributed by atoms with Gasteiger partial charge in [-0.2, -0.15) is 0 Å². The van der Waals surface area contributed by atoms with Crippen LogP contribution in [0.15, 0.2) is 24.3 Å². The number of nitrogens with two attached hydrogens (primary N) is 1. The number of ether oxygens (including phenoxy) is 1. The van der Waals surface area contributed by atoms with Crippen LogP contribution in [0, 0.1) is 5.92 Å². The molecule has 1 atom stereocenters. The summed E-state index contributed by atoms with van der Waals surface area (Å²) in [6.07, 6.45) is 1.24. The Morgan fingerprint density at radius 3 is 2.82 bits per heavy atom. The Balaban J connectivity index is 1.89. The summed E-state index contributed by atoms with van der Waals surface area (Å²) in [6, 6.07) is 8.79. The summed E-state index contributed by atoms with van der Waals surface area (Å²) in [4.78, 5) is 2.42. The molecular formula is C14H20N2O. The Kier molecular flexibility index (Phi) is 3.04. The van der Waals surface area contributed by atoms with Crippen LogP contribution in [0.1, 0.15) is 17.9 Å². The molecule has 17 heavy (non-hydrogen) atoms. The Hall–Kier alpha value is -1.06. The van der Waals surface area contributed by atoms with Crippen molar-refractivity contribution < 1.29 is 4.74 Å². The van der Waals surface area contributed by atoms with Crippen molar-refractivity contribution in [3.05, 3.63) is 29.8 Å². The molecule has 1 fully saturated rings. The fourth-order valence-electron chi connectivity index (χ4n) is 3.02. The summed E-state index contributed by atoms with van der Waals surface area (Å²) in [5.74, 6) is 1.42. The van der Waals surface area contributed by atoms with Gasteiger partial charge in [0.05, 0.1) is 13.2 Å². The molecule has 3 rings (SSSR count). The summed E-state index contributed by atoms with van der Waals surface area (Å²) in [7, 11) is 0. The number of rotatable bonds is 3. The number of para-hydroxylation sites is 1. The van der Waals surface area contributed by atoms with Crippen LogP contribution in [-0.4, -0.2) is 32.8 Å². The van der Waals surface area contributed by atoms with E-state index in [1.54, 1.807) is 0 Å². The van der Waals surface area contributed by atoms with E-state index in [2.05, 4.69) is 29.2 Å². The van der Waals surface area contributed by atoms with Crippen LogP contribution in [0.2, 0.25) is 0 Å². The number of hydrogen-bond acceptors (Lipinski definition) is 3. The monoisotopic (exact) mass is 232 g/mol. The Bertz CT molecular complexity index is 390.